The van der Waals surface area contributed by atoms with Crippen molar-refractivity contribution in [3.8, 4) is 0 Å². The van der Waals surface area contributed by atoms with Crippen LogP contribution in [0, 0.1) is 0 Å². The maximum absolute atomic E-state index is 11.6. The van der Waals surface area contributed by atoms with Gasteiger partial charge >= 0.3 is 5.97 Å². The number of primary sulfonamides is 1. The Bertz CT molecular complexity index is 611. The Kier molecular flexibility index (Phi) is 7.00. The monoisotopic (exact) mass is 328 g/mol. The Morgan fingerprint density at radius 1 is 1.14 bits per heavy atom. The van der Waals surface area contributed by atoms with Gasteiger partial charge in [-0.25, -0.2) is 13.6 Å². The van der Waals surface area contributed by atoms with E-state index in [0.29, 0.717) is 32.2 Å². The quantitative estimate of drug-likeness (QED) is 0.538. The standard InChI is InChI=1S/C14H20N2O5S/c1-21-14(18)5-3-2-4-13(17)16-10-11-6-8-12(9-7-11)22(15,19)20/h6-9H,2-5,10H2,1H3,(H,16,17)(H2,15,19,20). The van der Waals surface area contributed by atoms with Crippen molar-refractivity contribution < 1.29 is 22.7 Å². The topological polar surface area (TPSA) is 116 Å². The second kappa shape index (κ2) is 8.50. The van der Waals surface area contributed by atoms with Crippen LogP contribution in [0.5, 0.6) is 0 Å². The summed E-state index contributed by atoms with van der Waals surface area (Å²) in [5, 5.41) is 7.72. The first-order chi connectivity index (χ1) is 10.3. The molecule has 0 aliphatic heterocycles. The molecule has 22 heavy (non-hydrogen) atoms. The van der Waals surface area contributed by atoms with E-state index in [1.165, 1.54) is 19.2 Å². The number of rotatable bonds is 8. The second-order valence-electron chi connectivity index (χ2n) is 4.75. The third-order valence-corrected chi connectivity index (χ3v) is 3.93. The van der Waals surface area contributed by atoms with Gasteiger partial charge in [0.15, 0.2) is 0 Å². The van der Waals surface area contributed by atoms with E-state index in [1.807, 2.05) is 0 Å². The highest BCUT2D eigenvalue weighted by atomic mass is 32.2. The lowest BCUT2D eigenvalue weighted by Gasteiger charge is -2.06. The van der Waals surface area contributed by atoms with Crippen molar-refractivity contribution in [3.63, 3.8) is 0 Å². The van der Waals surface area contributed by atoms with Gasteiger partial charge in [0, 0.05) is 19.4 Å². The Hall–Kier alpha value is -1.93. The lowest BCUT2D eigenvalue weighted by Crippen LogP contribution is -2.22. The zero-order chi connectivity index (χ0) is 16.6. The highest BCUT2D eigenvalue weighted by Crippen LogP contribution is 2.08. The van der Waals surface area contributed by atoms with Gasteiger partial charge in [-0.3, -0.25) is 9.59 Å². The summed E-state index contributed by atoms with van der Waals surface area (Å²) in [6.45, 7) is 0.306. The molecule has 0 aliphatic carbocycles. The van der Waals surface area contributed by atoms with E-state index in [1.54, 1.807) is 12.1 Å². The van der Waals surface area contributed by atoms with E-state index >= 15 is 0 Å². The third kappa shape index (κ3) is 6.68. The molecular formula is C14H20N2O5S. The minimum absolute atomic E-state index is 0.0328. The minimum atomic E-state index is -3.70. The summed E-state index contributed by atoms with van der Waals surface area (Å²) in [5.74, 6) is -0.407. The van der Waals surface area contributed by atoms with Crippen LogP contribution in [0.1, 0.15) is 31.2 Å². The van der Waals surface area contributed by atoms with Crippen LogP contribution in [-0.4, -0.2) is 27.4 Å². The molecule has 0 bridgehead atoms. The first-order valence-electron chi connectivity index (χ1n) is 6.78. The lowest BCUT2D eigenvalue weighted by molar-refractivity contribution is -0.140. The van der Waals surface area contributed by atoms with E-state index in [9.17, 15) is 18.0 Å². The molecule has 3 N–H and O–H groups in total. The summed E-state index contributed by atoms with van der Waals surface area (Å²) in [4.78, 5) is 22.5. The number of sulfonamides is 1. The van der Waals surface area contributed by atoms with Crippen LogP contribution in [0.4, 0.5) is 0 Å². The minimum Gasteiger partial charge on any atom is -0.469 e. The maximum Gasteiger partial charge on any atom is 0.305 e. The number of methoxy groups -OCH3 is 1. The van der Waals surface area contributed by atoms with Gasteiger partial charge in [0.25, 0.3) is 0 Å². The van der Waals surface area contributed by atoms with Crippen molar-refractivity contribution in [3.05, 3.63) is 29.8 Å². The van der Waals surface area contributed by atoms with Crippen LogP contribution in [0.25, 0.3) is 0 Å². The van der Waals surface area contributed by atoms with E-state index < -0.39 is 10.0 Å². The van der Waals surface area contributed by atoms with Crippen LogP contribution in [0.2, 0.25) is 0 Å². The number of carbonyl (C=O) groups is 2. The van der Waals surface area contributed by atoms with Gasteiger partial charge in [0.2, 0.25) is 15.9 Å². The number of hydrogen-bond acceptors (Lipinski definition) is 5. The summed E-state index contributed by atoms with van der Waals surface area (Å²) in [6, 6.07) is 5.98. The van der Waals surface area contributed by atoms with Crippen molar-refractivity contribution in [2.75, 3.05) is 7.11 Å². The van der Waals surface area contributed by atoms with Crippen LogP contribution < -0.4 is 10.5 Å². The van der Waals surface area contributed by atoms with Gasteiger partial charge in [-0.2, -0.15) is 0 Å². The number of unbranched alkanes of at least 4 members (excludes halogenated alkanes) is 1. The van der Waals surface area contributed by atoms with Crippen molar-refractivity contribution in [1.29, 1.82) is 0 Å². The molecular weight excluding hydrogens is 308 g/mol. The molecule has 1 aromatic carbocycles. The van der Waals surface area contributed by atoms with Gasteiger partial charge in [-0.05, 0) is 30.5 Å². The largest absolute Gasteiger partial charge is 0.469 e. The number of nitrogens with one attached hydrogen (secondary N) is 1. The average molecular weight is 328 g/mol. The number of nitrogens with two attached hydrogens (primary N) is 1. The van der Waals surface area contributed by atoms with Crippen LogP contribution >= 0.6 is 0 Å². The zero-order valence-electron chi connectivity index (χ0n) is 12.4. The molecule has 0 aliphatic rings. The molecule has 7 nitrogen and oxygen atoms in total. The Morgan fingerprint density at radius 2 is 1.73 bits per heavy atom. The molecule has 0 saturated carbocycles. The number of amides is 1. The highest BCUT2D eigenvalue weighted by molar-refractivity contribution is 7.89. The first kappa shape index (κ1) is 18.1. The van der Waals surface area contributed by atoms with Crippen LogP contribution in [0.3, 0.4) is 0 Å². The fourth-order valence-electron chi connectivity index (χ4n) is 1.74. The van der Waals surface area contributed by atoms with Crippen molar-refractivity contribution >= 4 is 21.9 Å². The Balaban J connectivity index is 2.31. The van der Waals surface area contributed by atoms with Gasteiger partial charge in [-0.1, -0.05) is 12.1 Å². The van der Waals surface area contributed by atoms with E-state index in [0.717, 1.165) is 5.56 Å². The van der Waals surface area contributed by atoms with Gasteiger partial charge < -0.3 is 10.1 Å². The van der Waals surface area contributed by atoms with E-state index in [-0.39, 0.29) is 16.8 Å². The van der Waals surface area contributed by atoms with Crippen LogP contribution in [0.15, 0.2) is 29.2 Å². The van der Waals surface area contributed by atoms with Gasteiger partial charge in [0.05, 0.1) is 12.0 Å². The summed E-state index contributed by atoms with van der Waals surface area (Å²) in [5.41, 5.74) is 0.773. The van der Waals surface area contributed by atoms with Gasteiger partial charge in [-0.15, -0.1) is 0 Å². The molecule has 1 rings (SSSR count). The number of benzene rings is 1. The smallest absolute Gasteiger partial charge is 0.305 e. The molecule has 0 heterocycles. The average Bonchev–Trinajstić information content (AvgIpc) is 2.48. The number of carbonyl (C=O) groups excluding carboxylic acids is 2. The molecule has 0 saturated heterocycles. The number of hydrogen-bond donors (Lipinski definition) is 2. The molecule has 1 amide bonds. The normalized spacial score (nSPS) is 11.0. The second-order valence-corrected chi connectivity index (χ2v) is 6.31. The molecule has 1 aromatic rings. The summed E-state index contributed by atoms with van der Waals surface area (Å²) in [6.07, 6.45) is 1.83. The van der Waals surface area contributed by atoms with Crippen molar-refractivity contribution in [2.24, 2.45) is 5.14 Å². The zero-order valence-corrected chi connectivity index (χ0v) is 13.2. The summed E-state index contributed by atoms with van der Waals surface area (Å²) < 4.78 is 26.7. The molecule has 8 heteroatoms. The summed E-state index contributed by atoms with van der Waals surface area (Å²) in [7, 11) is -2.37. The van der Waals surface area contributed by atoms with Crippen molar-refractivity contribution in [1.82, 2.24) is 5.32 Å². The maximum atomic E-state index is 11.6. The molecule has 0 spiro atoms. The first-order valence-corrected chi connectivity index (χ1v) is 8.33. The Labute approximate surface area is 129 Å². The molecule has 0 aromatic heterocycles. The summed E-state index contributed by atoms with van der Waals surface area (Å²) >= 11 is 0. The molecule has 122 valence electrons. The highest BCUT2D eigenvalue weighted by Gasteiger charge is 2.07. The fraction of sp³-hybridized carbons (Fsp3) is 0.429. The number of ether oxygens (including phenoxy) is 1. The van der Waals surface area contributed by atoms with Crippen molar-refractivity contribution in [2.45, 2.75) is 37.1 Å². The Morgan fingerprint density at radius 3 is 2.27 bits per heavy atom. The predicted molar refractivity (Wildman–Crippen MR) is 80.1 cm³/mol. The molecule has 0 fully saturated rings. The molecule has 0 radical (unpaired) electrons. The van der Waals surface area contributed by atoms with Gasteiger partial charge in [0.1, 0.15) is 0 Å². The molecule has 0 atom stereocenters. The van der Waals surface area contributed by atoms with E-state index in [2.05, 4.69) is 10.1 Å². The fourth-order valence-corrected chi connectivity index (χ4v) is 2.26. The van der Waals surface area contributed by atoms with Crippen LogP contribution in [-0.2, 0) is 30.9 Å². The predicted octanol–water partition coefficient (Wildman–Crippen LogP) is 0.684. The SMILES string of the molecule is COC(=O)CCCCC(=O)NCc1ccc(S(N)(=O)=O)cc1. The third-order valence-electron chi connectivity index (χ3n) is 3.00. The molecule has 0 unspecified atom stereocenters. The van der Waals surface area contributed by atoms with E-state index in [4.69, 9.17) is 5.14 Å². The number of esters is 1. The lowest BCUT2D eigenvalue weighted by atomic mass is 10.2.